The number of nitriles is 1. The van der Waals surface area contributed by atoms with E-state index >= 15 is 0 Å². The molecule has 1 aromatic rings. The predicted octanol–water partition coefficient (Wildman–Crippen LogP) is 3.63. The third-order valence-corrected chi connectivity index (χ3v) is 3.02. The minimum absolute atomic E-state index is 0.413. The summed E-state index contributed by atoms with van der Waals surface area (Å²) in [6.45, 7) is 2.73. The van der Waals surface area contributed by atoms with Crippen molar-refractivity contribution in [3.8, 4) is 17.6 Å². The number of carboxylic acid groups (broad SMARTS) is 1. The molecule has 0 radical (unpaired) electrons. The van der Waals surface area contributed by atoms with Gasteiger partial charge in [0.1, 0.15) is 0 Å². The lowest BCUT2D eigenvalue weighted by molar-refractivity contribution is -0.131. The predicted molar refractivity (Wildman–Crippen MR) is 82.3 cm³/mol. The summed E-state index contributed by atoms with van der Waals surface area (Å²) in [5, 5.41) is 17.2. The van der Waals surface area contributed by atoms with Gasteiger partial charge in [0.15, 0.2) is 11.5 Å². The lowest BCUT2D eigenvalue weighted by Crippen LogP contribution is -2.02. The monoisotopic (exact) mass is 353 g/mol. The molecule has 1 N–H and O–H groups in total. The fraction of sp³-hybridized carbons (Fsp3) is 0.333. The largest absolute Gasteiger partial charge is 0.490 e. The number of hydrogen-bond donors (Lipinski definition) is 1. The highest BCUT2D eigenvalue weighted by Crippen LogP contribution is 2.37. The van der Waals surface area contributed by atoms with Crippen molar-refractivity contribution in [3.63, 3.8) is 0 Å². The van der Waals surface area contributed by atoms with Crippen LogP contribution in [0, 0.1) is 11.3 Å². The highest BCUT2D eigenvalue weighted by atomic mass is 79.9. The maximum absolute atomic E-state index is 10.6. The number of nitrogens with zero attached hydrogens (tertiary/aromatic N) is 1. The Bertz CT molecular complexity index is 564. The van der Waals surface area contributed by atoms with Gasteiger partial charge in [0.25, 0.3) is 0 Å². The van der Waals surface area contributed by atoms with Crippen molar-refractivity contribution in [2.75, 3.05) is 13.2 Å². The Morgan fingerprint density at radius 1 is 1.48 bits per heavy atom. The van der Waals surface area contributed by atoms with Crippen LogP contribution in [0.2, 0.25) is 0 Å². The van der Waals surface area contributed by atoms with Gasteiger partial charge in [-0.05, 0) is 53.0 Å². The van der Waals surface area contributed by atoms with Crippen LogP contribution in [0.15, 0.2) is 22.7 Å². The average molecular weight is 354 g/mol. The third kappa shape index (κ3) is 5.88. The van der Waals surface area contributed by atoms with Crippen molar-refractivity contribution < 1.29 is 19.4 Å². The van der Waals surface area contributed by atoms with Crippen molar-refractivity contribution in [2.24, 2.45) is 0 Å². The maximum atomic E-state index is 10.6. The van der Waals surface area contributed by atoms with Crippen LogP contribution in [0.5, 0.6) is 11.5 Å². The van der Waals surface area contributed by atoms with Crippen LogP contribution < -0.4 is 9.47 Å². The van der Waals surface area contributed by atoms with E-state index in [0.29, 0.717) is 47.6 Å². The number of hydrogen-bond acceptors (Lipinski definition) is 4. The van der Waals surface area contributed by atoms with Crippen molar-refractivity contribution in [1.29, 1.82) is 5.26 Å². The molecule has 112 valence electrons. The molecule has 0 fully saturated rings. The van der Waals surface area contributed by atoms with Crippen LogP contribution in [0.1, 0.15) is 25.3 Å². The minimum Gasteiger partial charge on any atom is -0.490 e. The van der Waals surface area contributed by atoms with Crippen LogP contribution >= 0.6 is 15.9 Å². The first-order valence-electron chi connectivity index (χ1n) is 6.45. The van der Waals surface area contributed by atoms with E-state index < -0.39 is 5.97 Å². The van der Waals surface area contributed by atoms with Gasteiger partial charge in [0.05, 0.1) is 23.8 Å². The number of halogens is 1. The van der Waals surface area contributed by atoms with Crippen molar-refractivity contribution in [1.82, 2.24) is 0 Å². The highest BCUT2D eigenvalue weighted by Gasteiger charge is 2.11. The van der Waals surface area contributed by atoms with E-state index in [4.69, 9.17) is 19.8 Å². The number of aliphatic carboxylic acids is 1. The van der Waals surface area contributed by atoms with Gasteiger partial charge >= 0.3 is 5.97 Å². The molecule has 0 saturated heterocycles. The van der Waals surface area contributed by atoms with E-state index in [1.807, 2.05) is 6.92 Å². The molecule has 0 heterocycles. The van der Waals surface area contributed by atoms with E-state index in [9.17, 15) is 4.79 Å². The van der Waals surface area contributed by atoms with Gasteiger partial charge in [-0.15, -0.1) is 0 Å². The number of ether oxygens (including phenoxy) is 2. The zero-order chi connectivity index (χ0) is 15.7. The second kappa shape index (κ2) is 9.03. The van der Waals surface area contributed by atoms with Crippen molar-refractivity contribution in [2.45, 2.75) is 19.8 Å². The number of rotatable bonds is 8. The van der Waals surface area contributed by atoms with Gasteiger partial charge in [-0.1, -0.05) is 0 Å². The molecule has 5 nitrogen and oxygen atoms in total. The number of carbonyl (C=O) groups is 1. The van der Waals surface area contributed by atoms with Gasteiger partial charge in [0.2, 0.25) is 0 Å². The molecule has 0 unspecified atom stereocenters. The molecule has 1 rings (SSSR count). The normalized spacial score (nSPS) is 10.3. The molecule has 0 aliphatic heterocycles. The second-order valence-electron chi connectivity index (χ2n) is 4.04. The van der Waals surface area contributed by atoms with Gasteiger partial charge in [-0.2, -0.15) is 5.26 Å². The first-order valence-corrected chi connectivity index (χ1v) is 7.24. The van der Waals surface area contributed by atoms with E-state index in [2.05, 4.69) is 22.0 Å². The first-order chi connectivity index (χ1) is 10.1. The zero-order valence-electron chi connectivity index (χ0n) is 11.6. The number of benzene rings is 1. The Labute approximate surface area is 131 Å². The van der Waals surface area contributed by atoms with Crippen molar-refractivity contribution in [3.05, 3.63) is 28.2 Å². The summed E-state index contributed by atoms with van der Waals surface area (Å²) in [5.41, 5.74) is 0.692. The van der Waals surface area contributed by atoms with Crippen LogP contribution in [-0.2, 0) is 4.79 Å². The van der Waals surface area contributed by atoms with Crippen LogP contribution in [0.25, 0.3) is 6.08 Å². The molecular weight excluding hydrogens is 338 g/mol. The van der Waals surface area contributed by atoms with E-state index in [1.165, 1.54) is 6.08 Å². The molecule has 0 atom stereocenters. The average Bonchev–Trinajstić information content (AvgIpc) is 2.43. The second-order valence-corrected chi connectivity index (χ2v) is 4.90. The third-order valence-electron chi connectivity index (χ3n) is 2.43. The standard InChI is InChI=1S/C15H16BrNO4/c1-2-20-13-10-11(5-6-14(18)19)9-12(16)15(13)21-8-4-3-7-17/h5-6,9-10H,2-4,8H2,1H3,(H,18,19)/b6-5+. The molecular formula is C15H16BrNO4. The van der Waals surface area contributed by atoms with Gasteiger partial charge in [-0.25, -0.2) is 4.79 Å². The summed E-state index contributed by atoms with van der Waals surface area (Å²) < 4.78 is 11.8. The van der Waals surface area contributed by atoms with Crippen molar-refractivity contribution >= 4 is 28.0 Å². The van der Waals surface area contributed by atoms with Gasteiger partial charge < -0.3 is 14.6 Å². The number of unbranched alkanes of at least 4 members (excludes halogenated alkanes) is 1. The van der Waals surface area contributed by atoms with Gasteiger partial charge in [-0.3, -0.25) is 0 Å². The Morgan fingerprint density at radius 2 is 2.24 bits per heavy atom. The molecule has 0 aliphatic carbocycles. The lowest BCUT2D eigenvalue weighted by atomic mass is 10.2. The quantitative estimate of drug-likeness (QED) is 0.570. The highest BCUT2D eigenvalue weighted by molar-refractivity contribution is 9.10. The SMILES string of the molecule is CCOc1cc(/C=C/C(=O)O)cc(Br)c1OCCCC#N. The molecule has 0 spiro atoms. The van der Waals surface area contributed by atoms with E-state index in [-0.39, 0.29) is 0 Å². The maximum Gasteiger partial charge on any atom is 0.328 e. The first kappa shape index (κ1) is 17.1. The summed E-state index contributed by atoms with van der Waals surface area (Å²) in [6, 6.07) is 5.52. The van der Waals surface area contributed by atoms with Crippen LogP contribution in [0.3, 0.4) is 0 Å². The summed E-state index contributed by atoms with van der Waals surface area (Å²) in [5.74, 6) is 0.0806. The van der Waals surface area contributed by atoms with E-state index in [0.717, 1.165) is 6.08 Å². The van der Waals surface area contributed by atoms with Crippen LogP contribution in [-0.4, -0.2) is 24.3 Å². The Balaban J connectivity index is 2.96. The molecule has 0 aromatic heterocycles. The Kier molecular flexibility index (Phi) is 7.33. The smallest absolute Gasteiger partial charge is 0.328 e. The molecule has 1 aromatic carbocycles. The summed E-state index contributed by atoms with van der Waals surface area (Å²) in [7, 11) is 0. The molecule has 6 heteroatoms. The molecule has 21 heavy (non-hydrogen) atoms. The van der Waals surface area contributed by atoms with Crippen LogP contribution in [0.4, 0.5) is 0 Å². The Hall–Kier alpha value is -2.00. The molecule has 0 saturated carbocycles. The zero-order valence-corrected chi connectivity index (χ0v) is 13.2. The summed E-state index contributed by atoms with van der Waals surface area (Å²) in [6.07, 6.45) is 3.61. The summed E-state index contributed by atoms with van der Waals surface area (Å²) >= 11 is 3.39. The minimum atomic E-state index is -1.01. The lowest BCUT2D eigenvalue weighted by Gasteiger charge is -2.14. The molecule has 0 bridgehead atoms. The van der Waals surface area contributed by atoms with Gasteiger partial charge in [0, 0.05) is 12.5 Å². The number of carboxylic acids is 1. The van der Waals surface area contributed by atoms with E-state index in [1.54, 1.807) is 12.1 Å². The fourth-order valence-corrected chi connectivity index (χ4v) is 2.15. The summed E-state index contributed by atoms with van der Waals surface area (Å²) in [4.78, 5) is 10.6. The Morgan fingerprint density at radius 3 is 2.86 bits per heavy atom. The molecule has 0 aliphatic rings. The topological polar surface area (TPSA) is 79.6 Å². The fourth-order valence-electron chi connectivity index (χ4n) is 1.58. The molecule has 0 amide bonds.